The average molecular weight is 280 g/mol. The molecule has 1 aliphatic carbocycles. The van der Waals surface area contributed by atoms with Crippen LogP contribution in [0.1, 0.15) is 51.5 Å². The van der Waals surface area contributed by atoms with Crippen LogP contribution in [-0.2, 0) is 17.7 Å². The standard InChI is InChI=1S/C15H28N4O/c1-3-19-12-13(11-17-19)10-14(18-16)15(20-4-2)8-6-5-7-9-15/h11-12,14,18H,3-10,16H2,1-2H3. The Morgan fingerprint density at radius 1 is 1.40 bits per heavy atom. The molecule has 0 radical (unpaired) electrons. The van der Waals surface area contributed by atoms with Gasteiger partial charge in [0.1, 0.15) is 0 Å². The number of nitrogens with zero attached hydrogens (tertiary/aromatic N) is 2. The fourth-order valence-corrected chi connectivity index (χ4v) is 3.35. The predicted octanol–water partition coefficient (Wildman–Crippen LogP) is 2.02. The number of nitrogens with two attached hydrogens (primary N) is 1. The summed E-state index contributed by atoms with van der Waals surface area (Å²) < 4.78 is 8.11. The van der Waals surface area contributed by atoms with Crippen molar-refractivity contribution in [3.8, 4) is 0 Å². The third kappa shape index (κ3) is 3.40. The monoisotopic (exact) mass is 280 g/mol. The molecule has 0 aromatic carbocycles. The van der Waals surface area contributed by atoms with Gasteiger partial charge >= 0.3 is 0 Å². The minimum absolute atomic E-state index is 0.115. The van der Waals surface area contributed by atoms with Crippen molar-refractivity contribution in [2.24, 2.45) is 5.84 Å². The second kappa shape index (κ2) is 7.20. The molecule has 1 unspecified atom stereocenters. The van der Waals surface area contributed by atoms with Crippen molar-refractivity contribution in [2.45, 2.75) is 70.6 Å². The number of ether oxygens (including phenoxy) is 1. The summed E-state index contributed by atoms with van der Waals surface area (Å²) in [5.41, 5.74) is 4.12. The summed E-state index contributed by atoms with van der Waals surface area (Å²) in [6.07, 6.45) is 10.9. The second-order valence-electron chi connectivity index (χ2n) is 5.69. The summed E-state index contributed by atoms with van der Waals surface area (Å²) in [6.45, 7) is 5.81. The molecule has 5 nitrogen and oxygen atoms in total. The van der Waals surface area contributed by atoms with Crippen molar-refractivity contribution in [1.29, 1.82) is 0 Å². The van der Waals surface area contributed by atoms with Gasteiger partial charge in [-0.3, -0.25) is 16.0 Å². The third-order valence-electron chi connectivity index (χ3n) is 4.42. The molecule has 0 saturated heterocycles. The van der Waals surface area contributed by atoms with Crippen LogP contribution in [-0.4, -0.2) is 28.0 Å². The maximum atomic E-state index is 6.16. The Bertz CT molecular complexity index is 393. The summed E-state index contributed by atoms with van der Waals surface area (Å²) in [7, 11) is 0. The van der Waals surface area contributed by atoms with Gasteiger partial charge in [-0.1, -0.05) is 19.3 Å². The molecule has 114 valence electrons. The lowest BCUT2D eigenvalue weighted by Gasteiger charge is -2.43. The van der Waals surface area contributed by atoms with E-state index in [4.69, 9.17) is 10.6 Å². The topological polar surface area (TPSA) is 65.1 Å². The molecule has 1 saturated carbocycles. The second-order valence-corrected chi connectivity index (χ2v) is 5.69. The van der Waals surface area contributed by atoms with Crippen molar-refractivity contribution < 1.29 is 4.74 Å². The van der Waals surface area contributed by atoms with Gasteiger partial charge < -0.3 is 4.74 Å². The van der Waals surface area contributed by atoms with Crippen LogP contribution < -0.4 is 11.3 Å². The minimum atomic E-state index is -0.115. The van der Waals surface area contributed by atoms with E-state index in [0.29, 0.717) is 0 Å². The largest absolute Gasteiger partial charge is 0.374 e. The van der Waals surface area contributed by atoms with Crippen molar-refractivity contribution in [3.63, 3.8) is 0 Å². The molecule has 0 amide bonds. The highest BCUT2D eigenvalue weighted by Crippen LogP contribution is 2.35. The van der Waals surface area contributed by atoms with Crippen LogP contribution in [0.5, 0.6) is 0 Å². The molecular formula is C15H28N4O. The van der Waals surface area contributed by atoms with Crippen molar-refractivity contribution in [2.75, 3.05) is 6.61 Å². The fraction of sp³-hybridized carbons (Fsp3) is 0.800. The molecule has 20 heavy (non-hydrogen) atoms. The predicted molar refractivity (Wildman–Crippen MR) is 80.2 cm³/mol. The van der Waals surface area contributed by atoms with Crippen LogP contribution in [0.3, 0.4) is 0 Å². The van der Waals surface area contributed by atoms with Gasteiger partial charge in [0.15, 0.2) is 0 Å². The zero-order chi connectivity index (χ0) is 14.4. The molecule has 0 spiro atoms. The number of aryl methyl sites for hydroxylation is 1. The van der Waals surface area contributed by atoms with Crippen LogP contribution in [0.4, 0.5) is 0 Å². The van der Waals surface area contributed by atoms with Crippen molar-refractivity contribution >= 4 is 0 Å². The van der Waals surface area contributed by atoms with Gasteiger partial charge in [0.2, 0.25) is 0 Å². The van der Waals surface area contributed by atoms with Gasteiger partial charge in [-0.05, 0) is 38.7 Å². The number of hydrogen-bond acceptors (Lipinski definition) is 4. The van der Waals surface area contributed by atoms with E-state index < -0.39 is 0 Å². The van der Waals surface area contributed by atoms with Crippen molar-refractivity contribution in [3.05, 3.63) is 18.0 Å². The summed E-state index contributed by atoms with van der Waals surface area (Å²) >= 11 is 0. The van der Waals surface area contributed by atoms with E-state index >= 15 is 0 Å². The smallest absolute Gasteiger partial charge is 0.0851 e. The van der Waals surface area contributed by atoms with E-state index in [1.165, 1.54) is 24.8 Å². The van der Waals surface area contributed by atoms with Crippen LogP contribution in [0.15, 0.2) is 12.4 Å². The van der Waals surface area contributed by atoms with E-state index in [2.05, 4.69) is 30.6 Å². The quantitative estimate of drug-likeness (QED) is 0.592. The Labute approximate surface area is 121 Å². The molecule has 5 heteroatoms. The van der Waals surface area contributed by atoms with Crippen LogP contribution in [0.2, 0.25) is 0 Å². The lowest BCUT2D eigenvalue weighted by atomic mass is 9.77. The Hall–Kier alpha value is -0.910. The Morgan fingerprint density at radius 2 is 2.15 bits per heavy atom. The molecule has 3 N–H and O–H groups in total. The Kier molecular flexibility index (Phi) is 5.57. The first-order chi connectivity index (χ1) is 9.74. The Morgan fingerprint density at radius 3 is 2.70 bits per heavy atom. The number of aromatic nitrogens is 2. The highest BCUT2D eigenvalue weighted by Gasteiger charge is 2.40. The fourth-order valence-electron chi connectivity index (χ4n) is 3.35. The van der Waals surface area contributed by atoms with Gasteiger partial charge in [0.05, 0.1) is 17.8 Å². The van der Waals surface area contributed by atoms with Gasteiger partial charge in [-0.2, -0.15) is 5.10 Å². The minimum Gasteiger partial charge on any atom is -0.374 e. The zero-order valence-corrected chi connectivity index (χ0v) is 12.8. The molecule has 0 aliphatic heterocycles. The average Bonchev–Trinajstić information content (AvgIpc) is 2.93. The highest BCUT2D eigenvalue weighted by molar-refractivity contribution is 5.10. The summed E-state index contributed by atoms with van der Waals surface area (Å²) in [6, 6.07) is 0.150. The SMILES string of the molecule is CCOC1(C(Cc2cnn(CC)c2)NN)CCCCC1. The number of rotatable bonds is 7. The molecule has 2 rings (SSSR count). The van der Waals surface area contributed by atoms with E-state index in [-0.39, 0.29) is 11.6 Å². The van der Waals surface area contributed by atoms with E-state index in [1.54, 1.807) is 0 Å². The first-order valence-electron chi connectivity index (χ1n) is 7.85. The van der Waals surface area contributed by atoms with Crippen LogP contribution >= 0.6 is 0 Å². The maximum absolute atomic E-state index is 6.16. The molecular weight excluding hydrogens is 252 g/mol. The van der Waals surface area contributed by atoms with Gasteiger partial charge in [-0.25, -0.2) is 0 Å². The van der Waals surface area contributed by atoms with Crippen molar-refractivity contribution in [1.82, 2.24) is 15.2 Å². The molecule has 1 fully saturated rings. The van der Waals surface area contributed by atoms with E-state index in [9.17, 15) is 0 Å². The summed E-state index contributed by atoms with van der Waals surface area (Å²) in [5.74, 6) is 5.85. The summed E-state index contributed by atoms with van der Waals surface area (Å²) in [4.78, 5) is 0. The maximum Gasteiger partial charge on any atom is 0.0851 e. The zero-order valence-electron chi connectivity index (χ0n) is 12.8. The number of hydrazine groups is 1. The Balaban J connectivity index is 2.11. The van der Waals surface area contributed by atoms with Gasteiger partial charge in [0, 0.05) is 19.3 Å². The van der Waals surface area contributed by atoms with Gasteiger partial charge in [0.25, 0.3) is 0 Å². The van der Waals surface area contributed by atoms with Gasteiger partial charge in [-0.15, -0.1) is 0 Å². The summed E-state index contributed by atoms with van der Waals surface area (Å²) in [5, 5.41) is 4.34. The van der Waals surface area contributed by atoms with Crippen LogP contribution in [0.25, 0.3) is 0 Å². The molecule has 0 bridgehead atoms. The molecule has 1 heterocycles. The number of hydrogen-bond donors (Lipinski definition) is 2. The highest BCUT2D eigenvalue weighted by atomic mass is 16.5. The first kappa shape index (κ1) is 15.5. The van der Waals surface area contributed by atoms with E-state index in [0.717, 1.165) is 32.4 Å². The van der Waals surface area contributed by atoms with Crippen LogP contribution in [0, 0.1) is 0 Å². The molecule has 1 atom stereocenters. The normalized spacial score (nSPS) is 19.9. The lowest BCUT2D eigenvalue weighted by Crippen LogP contribution is -2.57. The number of nitrogens with one attached hydrogen (secondary N) is 1. The van der Waals surface area contributed by atoms with E-state index in [1.807, 2.05) is 10.9 Å². The third-order valence-corrected chi connectivity index (χ3v) is 4.42. The molecule has 1 aromatic heterocycles. The first-order valence-corrected chi connectivity index (χ1v) is 7.85. The molecule has 1 aromatic rings. The molecule has 1 aliphatic rings. The lowest BCUT2D eigenvalue weighted by molar-refractivity contribution is -0.0898.